The van der Waals surface area contributed by atoms with Crippen LogP contribution < -0.4 is 0 Å². The fraction of sp³-hybridized carbons (Fsp3) is 0.429. The van der Waals surface area contributed by atoms with Crippen molar-refractivity contribution in [2.75, 3.05) is 0 Å². The van der Waals surface area contributed by atoms with Crippen molar-refractivity contribution in [3.63, 3.8) is 0 Å². The monoisotopic (exact) mass is 194 g/mol. The van der Waals surface area contributed by atoms with E-state index in [1.54, 1.807) is 6.08 Å². The smallest absolute Gasteiger partial charge is 0.0311 e. The normalized spacial score (nSPS) is 7.36. The first kappa shape index (κ1) is 18.7. The van der Waals surface area contributed by atoms with E-state index in [-0.39, 0.29) is 7.43 Å². The van der Waals surface area contributed by atoms with E-state index in [9.17, 15) is 0 Å². The summed E-state index contributed by atoms with van der Waals surface area (Å²) < 4.78 is 0. The predicted molar refractivity (Wildman–Crippen MR) is 70.6 cm³/mol. The molecule has 0 rings (SSSR count). The van der Waals surface area contributed by atoms with Crippen molar-refractivity contribution in [2.24, 2.45) is 0 Å². The highest BCUT2D eigenvalue weighted by Gasteiger charge is 1.85. The third-order valence-electron chi connectivity index (χ3n) is 1.77. The van der Waals surface area contributed by atoms with E-state index in [0.29, 0.717) is 0 Å². The summed E-state index contributed by atoms with van der Waals surface area (Å²) in [4.78, 5) is 0. The van der Waals surface area contributed by atoms with E-state index in [0.717, 1.165) is 29.6 Å². The Hall–Kier alpha value is -1.04. The molecule has 0 aromatic carbocycles. The van der Waals surface area contributed by atoms with Gasteiger partial charge in [-0.2, -0.15) is 0 Å². The van der Waals surface area contributed by atoms with Gasteiger partial charge in [0, 0.05) is 0 Å². The van der Waals surface area contributed by atoms with Gasteiger partial charge in [-0.05, 0) is 19.8 Å². The molecule has 0 unspecified atom stereocenters. The zero-order chi connectivity index (χ0) is 10.9. The van der Waals surface area contributed by atoms with Crippen LogP contribution in [0.1, 0.15) is 41.0 Å². The maximum absolute atomic E-state index is 3.77. The van der Waals surface area contributed by atoms with Gasteiger partial charge in [0.25, 0.3) is 0 Å². The number of allylic oxidation sites excluding steroid dienone is 4. The van der Waals surface area contributed by atoms with Gasteiger partial charge in [-0.15, -0.1) is 0 Å². The lowest BCUT2D eigenvalue weighted by atomic mass is 10.1. The third kappa shape index (κ3) is 13.5. The lowest BCUT2D eigenvalue weighted by Crippen LogP contribution is -1.74. The molecule has 0 aliphatic heterocycles. The zero-order valence-electron chi connectivity index (χ0n) is 9.32. The van der Waals surface area contributed by atoms with Gasteiger partial charge in [0.2, 0.25) is 0 Å². The summed E-state index contributed by atoms with van der Waals surface area (Å²) in [5.41, 5.74) is 3.36. The van der Waals surface area contributed by atoms with Crippen molar-refractivity contribution >= 4 is 0 Å². The average molecular weight is 194 g/mol. The Balaban J connectivity index is -0.000000163. The van der Waals surface area contributed by atoms with Crippen molar-refractivity contribution in [1.82, 2.24) is 0 Å². The van der Waals surface area contributed by atoms with E-state index < -0.39 is 0 Å². The molecule has 0 N–H and O–H groups in total. The molecule has 14 heavy (non-hydrogen) atoms. The van der Waals surface area contributed by atoms with Crippen LogP contribution in [0.4, 0.5) is 0 Å². The van der Waals surface area contributed by atoms with Gasteiger partial charge in [0.1, 0.15) is 0 Å². The Morgan fingerprint density at radius 2 is 1.50 bits per heavy atom. The predicted octanol–water partition coefficient (Wildman–Crippen LogP) is 5.30. The molecule has 82 valence electrons. The Bertz CT molecular complexity index is 194. The molecule has 0 aliphatic carbocycles. The van der Waals surface area contributed by atoms with Gasteiger partial charge in [0.05, 0.1) is 0 Å². The minimum atomic E-state index is 0. The van der Waals surface area contributed by atoms with E-state index in [1.165, 1.54) is 0 Å². The SMILES string of the molecule is C.C=C(C)C(=C)CC.C=CC(=C)CC. The van der Waals surface area contributed by atoms with Crippen molar-refractivity contribution in [3.8, 4) is 0 Å². The molecule has 0 atom stereocenters. The maximum atomic E-state index is 3.77. The molecule has 0 heterocycles. The molecule has 0 aromatic rings. The lowest BCUT2D eigenvalue weighted by Gasteiger charge is -1.95. The second-order valence-corrected chi connectivity index (χ2v) is 2.95. The van der Waals surface area contributed by atoms with E-state index in [1.807, 2.05) is 6.92 Å². The molecule has 0 nitrogen and oxygen atoms in total. The molecule has 0 fully saturated rings. The number of hydrogen-bond donors (Lipinski definition) is 0. The quantitative estimate of drug-likeness (QED) is 0.532. The topological polar surface area (TPSA) is 0 Å². The molecular weight excluding hydrogens is 168 g/mol. The largest absolute Gasteiger partial charge is 0.0988 e. The van der Waals surface area contributed by atoms with Gasteiger partial charge in [0.15, 0.2) is 0 Å². The Morgan fingerprint density at radius 1 is 1.07 bits per heavy atom. The van der Waals surface area contributed by atoms with Crippen LogP contribution in [-0.2, 0) is 0 Å². The van der Waals surface area contributed by atoms with Crippen LogP contribution >= 0.6 is 0 Å². The second-order valence-electron chi connectivity index (χ2n) is 2.95. The highest BCUT2D eigenvalue weighted by Crippen LogP contribution is 2.05. The van der Waals surface area contributed by atoms with Gasteiger partial charge in [-0.1, -0.05) is 70.4 Å². The van der Waals surface area contributed by atoms with E-state index in [2.05, 4.69) is 40.2 Å². The van der Waals surface area contributed by atoms with Crippen LogP contribution in [0.3, 0.4) is 0 Å². The first-order valence-corrected chi connectivity index (χ1v) is 4.63. The van der Waals surface area contributed by atoms with Crippen LogP contribution in [0.5, 0.6) is 0 Å². The van der Waals surface area contributed by atoms with E-state index >= 15 is 0 Å². The summed E-state index contributed by atoms with van der Waals surface area (Å²) in [5.74, 6) is 0. The average Bonchev–Trinajstić information content (AvgIpc) is 2.16. The minimum Gasteiger partial charge on any atom is -0.0988 e. The fourth-order valence-electron chi connectivity index (χ4n) is 0.446. The Kier molecular flexibility index (Phi) is 16.0. The van der Waals surface area contributed by atoms with Gasteiger partial charge in [-0.3, -0.25) is 0 Å². The lowest BCUT2D eigenvalue weighted by molar-refractivity contribution is 1.12. The van der Waals surface area contributed by atoms with Crippen molar-refractivity contribution < 1.29 is 0 Å². The molecule has 0 spiro atoms. The highest BCUT2D eigenvalue weighted by molar-refractivity contribution is 5.21. The molecule has 0 aliphatic rings. The Morgan fingerprint density at radius 3 is 1.50 bits per heavy atom. The van der Waals surface area contributed by atoms with Crippen LogP contribution in [0.25, 0.3) is 0 Å². The van der Waals surface area contributed by atoms with Crippen molar-refractivity contribution in [1.29, 1.82) is 0 Å². The van der Waals surface area contributed by atoms with Crippen molar-refractivity contribution in [2.45, 2.75) is 41.0 Å². The third-order valence-corrected chi connectivity index (χ3v) is 1.77. The zero-order valence-corrected chi connectivity index (χ0v) is 9.32. The molecular formula is C14H26. The summed E-state index contributed by atoms with van der Waals surface area (Å²) >= 11 is 0. The van der Waals surface area contributed by atoms with E-state index in [4.69, 9.17) is 0 Å². The number of rotatable bonds is 4. The van der Waals surface area contributed by atoms with Gasteiger partial charge < -0.3 is 0 Å². The molecule has 0 radical (unpaired) electrons. The minimum absolute atomic E-state index is 0. The summed E-state index contributed by atoms with van der Waals surface area (Å²) in [6, 6.07) is 0. The number of hydrogen-bond acceptors (Lipinski definition) is 0. The summed E-state index contributed by atoms with van der Waals surface area (Å²) in [6.45, 7) is 20.8. The van der Waals surface area contributed by atoms with Crippen LogP contribution in [0, 0.1) is 0 Å². The standard InChI is InChI=1S/C7H12.C6H10.CH4/c1-5-7(4)6(2)3;1-4-6(3)5-2;/h2,4-5H2,1,3H3;4H,1,3,5H2,2H3;1H4. The van der Waals surface area contributed by atoms with Crippen LogP contribution in [-0.4, -0.2) is 0 Å². The molecule has 0 amide bonds. The van der Waals surface area contributed by atoms with Gasteiger partial charge in [-0.25, -0.2) is 0 Å². The summed E-state index contributed by atoms with van der Waals surface area (Å²) in [6.07, 6.45) is 3.82. The van der Waals surface area contributed by atoms with Crippen LogP contribution in [0.2, 0.25) is 0 Å². The highest BCUT2D eigenvalue weighted by atomic mass is 13.9. The molecule has 0 heteroatoms. The van der Waals surface area contributed by atoms with Gasteiger partial charge >= 0.3 is 0 Å². The first-order valence-electron chi connectivity index (χ1n) is 4.63. The maximum Gasteiger partial charge on any atom is -0.0311 e. The molecule has 0 saturated carbocycles. The molecule has 0 aromatic heterocycles. The molecule has 0 saturated heterocycles. The van der Waals surface area contributed by atoms with Crippen LogP contribution in [0.15, 0.2) is 49.1 Å². The second kappa shape index (κ2) is 12.0. The fourth-order valence-corrected chi connectivity index (χ4v) is 0.446. The first-order chi connectivity index (χ1) is 5.99. The summed E-state index contributed by atoms with van der Waals surface area (Å²) in [5, 5.41) is 0. The van der Waals surface area contributed by atoms with Crippen molar-refractivity contribution in [3.05, 3.63) is 49.1 Å². The summed E-state index contributed by atoms with van der Waals surface area (Å²) in [7, 11) is 0. The molecule has 0 bridgehead atoms. The Labute approximate surface area is 90.7 Å².